The van der Waals surface area contributed by atoms with Crippen LogP contribution in [-0.4, -0.2) is 28.1 Å². The summed E-state index contributed by atoms with van der Waals surface area (Å²) >= 11 is 0. The molecule has 0 aliphatic carbocycles. The molecule has 0 heterocycles. The number of rotatable bonds is 11. The SMILES string of the molecule is CCCCC[C@@H](C(=O)O)[C@H](C)CCC(=O)Nc1ccc(C(=O)O)cc1. The highest BCUT2D eigenvalue weighted by molar-refractivity contribution is 5.92. The molecule has 0 saturated carbocycles. The number of hydrogen-bond acceptors (Lipinski definition) is 3. The Morgan fingerprint density at radius 2 is 1.68 bits per heavy atom. The normalized spacial score (nSPS) is 13.0. The first kappa shape index (κ1) is 20.7. The van der Waals surface area contributed by atoms with E-state index in [4.69, 9.17) is 5.11 Å². The van der Waals surface area contributed by atoms with Gasteiger partial charge in [-0.25, -0.2) is 4.79 Å². The molecule has 1 aromatic carbocycles. The number of hydrogen-bond donors (Lipinski definition) is 3. The first-order valence-electron chi connectivity index (χ1n) is 8.71. The third kappa shape index (κ3) is 7.37. The van der Waals surface area contributed by atoms with Crippen LogP contribution in [0.5, 0.6) is 0 Å². The van der Waals surface area contributed by atoms with Crippen LogP contribution in [0.2, 0.25) is 0 Å². The molecule has 0 aromatic heterocycles. The molecule has 0 bridgehead atoms. The quantitative estimate of drug-likeness (QED) is 0.523. The van der Waals surface area contributed by atoms with Crippen molar-refractivity contribution in [2.75, 3.05) is 5.32 Å². The molecular formula is C19H27NO5. The van der Waals surface area contributed by atoms with E-state index in [0.717, 1.165) is 19.3 Å². The van der Waals surface area contributed by atoms with E-state index in [1.165, 1.54) is 24.3 Å². The number of unbranched alkanes of at least 4 members (excludes halogenated alkanes) is 2. The monoisotopic (exact) mass is 349 g/mol. The Hall–Kier alpha value is -2.37. The molecule has 0 fully saturated rings. The molecule has 1 rings (SSSR count). The van der Waals surface area contributed by atoms with E-state index in [-0.39, 0.29) is 23.8 Å². The lowest BCUT2D eigenvalue weighted by Crippen LogP contribution is -2.23. The van der Waals surface area contributed by atoms with Crippen molar-refractivity contribution in [3.8, 4) is 0 Å². The van der Waals surface area contributed by atoms with Gasteiger partial charge in [0.2, 0.25) is 5.91 Å². The van der Waals surface area contributed by atoms with Gasteiger partial charge < -0.3 is 15.5 Å². The van der Waals surface area contributed by atoms with Crippen LogP contribution in [0.3, 0.4) is 0 Å². The van der Waals surface area contributed by atoms with Gasteiger partial charge in [0.25, 0.3) is 0 Å². The summed E-state index contributed by atoms with van der Waals surface area (Å²) in [5, 5.41) is 20.9. The molecule has 0 unspecified atom stereocenters. The molecule has 25 heavy (non-hydrogen) atoms. The van der Waals surface area contributed by atoms with Gasteiger partial charge in [0.05, 0.1) is 11.5 Å². The number of carbonyl (C=O) groups is 3. The van der Waals surface area contributed by atoms with Crippen LogP contribution < -0.4 is 5.32 Å². The third-order valence-electron chi connectivity index (χ3n) is 4.37. The molecule has 1 aromatic rings. The lowest BCUT2D eigenvalue weighted by atomic mass is 9.86. The number of anilines is 1. The fourth-order valence-corrected chi connectivity index (χ4v) is 2.75. The highest BCUT2D eigenvalue weighted by Crippen LogP contribution is 2.24. The largest absolute Gasteiger partial charge is 0.481 e. The van der Waals surface area contributed by atoms with E-state index in [1.807, 2.05) is 6.92 Å². The maximum Gasteiger partial charge on any atom is 0.335 e. The minimum atomic E-state index is -1.02. The fourth-order valence-electron chi connectivity index (χ4n) is 2.75. The molecule has 2 atom stereocenters. The van der Waals surface area contributed by atoms with Crippen molar-refractivity contribution in [3.63, 3.8) is 0 Å². The van der Waals surface area contributed by atoms with E-state index >= 15 is 0 Å². The van der Waals surface area contributed by atoms with Crippen LogP contribution in [0.15, 0.2) is 24.3 Å². The number of nitrogens with one attached hydrogen (secondary N) is 1. The van der Waals surface area contributed by atoms with E-state index < -0.39 is 17.9 Å². The molecule has 6 heteroatoms. The number of amides is 1. The second-order valence-corrected chi connectivity index (χ2v) is 6.39. The van der Waals surface area contributed by atoms with Crippen LogP contribution >= 0.6 is 0 Å². The zero-order valence-electron chi connectivity index (χ0n) is 14.8. The molecule has 3 N–H and O–H groups in total. The highest BCUT2D eigenvalue weighted by Gasteiger charge is 2.24. The van der Waals surface area contributed by atoms with Gasteiger partial charge in [-0.05, 0) is 43.0 Å². The Morgan fingerprint density at radius 1 is 1.04 bits per heavy atom. The zero-order valence-corrected chi connectivity index (χ0v) is 14.8. The molecular weight excluding hydrogens is 322 g/mol. The van der Waals surface area contributed by atoms with Crippen LogP contribution in [0.1, 0.15) is 62.7 Å². The van der Waals surface area contributed by atoms with Gasteiger partial charge in [-0.1, -0.05) is 33.1 Å². The van der Waals surface area contributed by atoms with Gasteiger partial charge in [-0.3, -0.25) is 9.59 Å². The molecule has 0 radical (unpaired) electrons. The number of carboxylic acids is 2. The van der Waals surface area contributed by atoms with Crippen molar-refractivity contribution >= 4 is 23.5 Å². The van der Waals surface area contributed by atoms with Crippen molar-refractivity contribution in [2.45, 2.75) is 52.4 Å². The van der Waals surface area contributed by atoms with Gasteiger partial charge in [-0.15, -0.1) is 0 Å². The molecule has 1 amide bonds. The van der Waals surface area contributed by atoms with Gasteiger partial charge in [0, 0.05) is 12.1 Å². The van der Waals surface area contributed by atoms with E-state index in [9.17, 15) is 19.5 Å². The Morgan fingerprint density at radius 3 is 2.20 bits per heavy atom. The van der Waals surface area contributed by atoms with Gasteiger partial charge in [-0.2, -0.15) is 0 Å². The van der Waals surface area contributed by atoms with Gasteiger partial charge in [0.15, 0.2) is 0 Å². The van der Waals surface area contributed by atoms with Crippen LogP contribution in [0.4, 0.5) is 5.69 Å². The maximum absolute atomic E-state index is 12.0. The fraction of sp³-hybridized carbons (Fsp3) is 0.526. The van der Waals surface area contributed by atoms with Crippen molar-refractivity contribution in [1.82, 2.24) is 0 Å². The van der Waals surface area contributed by atoms with Crippen molar-refractivity contribution < 1.29 is 24.6 Å². The lowest BCUT2D eigenvalue weighted by Gasteiger charge is -2.20. The number of benzene rings is 1. The van der Waals surface area contributed by atoms with Crippen LogP contribution in [-0.2, 0) is 9.59 Å². The Bertz CT molecular complexity index is 582. The summed E-state index contributed by atoms with van der Waals surface area (Å²) in [4.78, 5) is 34.2. The Kier molecular flexibility index (Phi) is 8.67. The summed E-state index contributed by atoms with van der Waals surface area (Å²) in [6.45, 7) is 3.95. The summed E-state index contributed by atoms with van der Waals surface area (Å²) in [7, 11) is 0. The Labute approximate surface area is 148 Å². The second kappa shape index (κ2) is 10.5. The summed E-state index contributed by atoms with van der Waals surface area (Å²) in [5.74, 6) is -2.51. The van der Waals surface area contributed by atoms with E-state index in [0.29, 0.717) is 18.5 Å². The molecule has 0 aliphatic heterocycles. The second-order valence-electron chi connectivity index (χ2n) is 6.39. The van der Waals surface area contributed by atoms with Crippen molar-refractivity contribution in [3.05, 3.63) is 29.8 Å². The predicted molar refractivity (Wildman–Crippen MR) is 95.7 cm³/mol. The van der Waals surface area contributed by atoms with Crippen LogP contribution in [0.25, 0.3) is 0 Å². The highest BCUT2D eigenvalue weighted by atomic mass is 16.4. The smallest absolute Gasteiger partial charge is 0.335 e. The van der Waals surface area contributed by atoms with E-state index in [2.05, 4.69) is 12.2 Å². The van der Waals surface area contributed by atoms with Crippen molar-refractivity contribution in [2.24, 2.45) is 11.8 Å². The van der Waals surface area contributed by atoms with Gasteiger partial charge >= 0.3 is 11.9 Å². The number of aliphatic carboxylic acids is 1. The zero-order chi connectivity index (χ0) is 18.8. The first-order chi connectivity index (χ1) is 11.8. The Balaban J connectivity index is 2.47. The average Bonchev–Trinajstić information content (AvgIpc) is 2.56. The topological polar surface area (TPSA) is 104 Å². The van der Waals surface area contributed by atoms with Crippen molar-refractivity contribution in [1.29, 1.82) is 0 Å². The minimum absolute atomic E-state index is 0.0745. The number of carboxylic acid groups (broad SMARTS) is 2. The molecule has 0 aliphatic rings. The van der Waals surface area contributed by atoms with E-state index in [1.54, 1.807) is 0 Å². The number of carbonyl (C=O) groups excluding carboxylic acids is 1. The summed E-state index contributed by atoms with van der Waals surface area (Å²) in [6.07, 6.45) is 4.33. The molecule has 0 spiro atoms. The average molecular weight is 349 g/mol. The molecule has 138 valence electrons. The molecule has 0 saturated heterocycles. The minimum Gasteiger partial charge on any atom is -0.481 e. The first-order valence-corrected chi connectivity index (χ1v) is 8.71. The summed E-state index contributed by atoms with van der Waals surface area (Å²) in [6, 6.07) is 5.93. The standard InChI is InChI=1S/C19H27NO5/c1-3-4-5-6-16(19(24)25)13(2)7-12-17(21)20-15-10-8-14(9-11-15)18(22)23/h8-11,13,16H,3-7,12H2,1-2H3,(H,20,21)(H,22,23)(H,24,25)/t13-,16-/m1/s1. The summed E-state index contributed by atoms with van der Waals surface area (Å²) < 4.78 is 0. The summed E-state index contributed by atoms with van der Waals surface area (Å²) in [5.41, 5.74) is 0.684. The van der Waals surface area contributed by atoms with Crippen LogP contribution in [0, 0.1) is 11.8 Å². The maximum atomic E-state index is 12.0. The predicted octanol–water partition coefficient (Wildman–Crippen LogP) is 4.02. The third-order valence-corrected chi connectivity index (χ3v) is 4.37. The lowest BCUT2D eigenvalue weighted by molar-refractivity contribution is -0.144. The number of aromatic carboxylic acids is 1. The van der Waals surface area contributed by atoms with Gasteiger partial charge in [0.1, 0.15) is 0 Å². The molecule has 6 nitrogen and oxygen atoms in total.